The van der Waals surface area contributed by atoms with Crippen LogP contribution < -0.4 is 0 Å². The molecule has 0 spiro atoms. The van der Waals surface area contributed by atoms with E-state index in [0.29, 0.717) is 0 Å². The lowest BCUT2D eigenvalue weighted by molar-refractivity contribution is -0.323. The molecule has 2 heterocycles. The SMILES string of the molecule is CO[C@@H]1O[C@@H](OC(C)=O)[C@H](O[C@@H]2O[C@@H](C)[C@H](OC(C)=O)[C@@H](OC(C)=O)[C@H]2OC(C)=O)[C@H]1OC. The molecule has 0 aromatic rings. The van der Waals surface area contributed by atoms with Crippen molar-refractivity contribution in [3.05, 3.63) is 0 Å². The molecule has 0 saturated carbocycles. The Kier molecular flexibility index (Phi) is 9.55. The van der Waals surface area contributed by atoms with Gasteiger partial charge in [-0.05, 0) is 6.92 Å². The minimum atomic E-state index is -1.35. The standard InChI is InChI=1S/C20H30O13/c1-8-13(28-9(2)21)14(29-10(3)22)16(30-11(4)23)19(27-8)32-17-15(25-6)18(26-7)33-20(17)31-12(5)24/h8,13-20H,1-7H3/t8-,13-,14+,15+,16+,17+,18+,19-,20+/m0/s1. The largest absolute Gasteiger partial charge is 0.456 e. The first kappa shape index (κ1) is 26.9. The number of methoxy groups -OCH3 is 2. The third-order valence-corrected chi connectivity index (χ3v) is 4.84. The van der Waals surface area contributed by atoms with Gasteiger partial charge in [-0.25, -0.2) is 0 Å². The third-order valence-electron chi connectivity index (χ3n) is 4.84. The Labute approximate surface area is 190 Å². The Morgan fingerprint density at radius 1 is 0.545 bits per heavy atom. The molecule has 0 bridgehead atoms. The van der Waals surface area contributed by atoms with E-state index in [1.807, 2.05) is 0 Å². The molecular weight excluding hydrogens is 448 g/mol. The van der Waals surface area contributed by atoms with Gasteiger partial charge in [0.05, 0.1) is 6.10 Å². The highest BCUT2D eigenvalue weighted by molar-refractivity contribution is 5.68. The number of ether oxygens (including phenoxy) is 9. The van der Waals surface area contributed by atoms with E-state index in [1.54, 1.807) is 6.92 Å². The minimum Gasteiger partial charge on any atom is -0.456 e. The van der Waals surface area contributed by atoms with Crippen LogP contribution in [0.2, 0.25) is 0 Å². The zero-order valence-electron chi connectivity index (χ0n) is 19.5. The molecular formula is C20H30O13. The van der Waals surface area contributed by atoms with Gasteiger partial charge >= 0.3 is 23.9 Å². The maximum atomic E-state index is 11.8. The van der Waals surface area contributed by atoms with Gasteiger partial charge in [-0.3, -0.25) is 19.2 Å². The minimum absolute atomic E-state index is 0.651. The molecule has 0 unspecified atom stereocenters. The van der Waals surface area contributed by atoms with E-state index >= 15 is 0 Å². The van der Waals surface area contributed by atoms with Gasteiger partial charge < -0.3 is 42.6 Å². The smallest absolute Gasteiger partial charge is 0.305 e. The number of carbonyl (C=O) groups is 4. The van der Waals surface area contributed by atoms with Crippen LogP contribution in [0.25, 0.3) is 0 Å². The molecule has 2 fully saturated rings. The Balaban J connectivity index is 2.39. The first-order chi connectivity index (χ1) is 15.5. The summed E-state index contributed by atoms with van der Waals surface area (Å²) in [5.41, 5.74) is 0. The number of hydrogen-bond acceptors (Lipinski definition) is 13. The zero-order valence-corrected chi connectivity index (χ0v) is 19.5. The van der Waals surface area contributed by atoms with E-state index in [2.05, 4.69) is 0 Å². The lowest BCUT2D eigenvalue weighted by Crippen LogP contribution is -2.62. The van der Waals surface area contributed by atoms with Gasteiger partial charge in [-0.1, -0.05) is 0 Å². The second-order valence-electron chi connectivity index (χ2n) is 7.45. The van der Waals surface area contributed by atoms with Crippen molar-refractivity contribution in [3.8, 4) is 0 Å². The van der Waals surface area contributed by atoms with E-state index < -0.39 is 79.4 Å². The van der Waals surface area contributed by atoms with Crippen molar-refractivity contribution >= 4 is 23.9 Å². The molecule has 2 aliphatic heterocycles. The van der Waals surface area contributed by atoms with E-state index in [0.717, 1.165) is 13.8 Å². The van der Waals surface area contributed by atoms with Crippen molar-refractivity contribution in [2.45, 2.75) is 90.1 Å². The van der Waals surface area contributed by atoms with Gasteiger partial charge in [0.25, 0.3) is 0 Å². The average Bonchev–Trinajstić information content (AvgIpc) is 3.02. The summed E-state index contributed by atoms with van der Waals surface area (Å²) in [5, 5.41) is 0. The predicted molar refractivity (Wildman–Crippen MR) is 104 cm³/mol. The molecule has 9 atom stereocenters. The molecule has 0 radical (unpaired) electrons. The average molecular weight is 478 g/mol. The van der Waals surface area contributed by atoms with Crippen LogP contribution in [-0.2, 0) is 61.8 Å². The second-order valence-corrected chi connectivity index (χ2v) is 7.45. The molecule has 0 N–H and O–H groups in total. The molecule has 13 heteroatoms. The quantitative estimate of drug-likeness (QED) is 0.335. The Morgan fingerprint density at radius 2 is 1.06 bits per heavy atom. The summed E-state index contributed by atoms with van der Waals surface area (Å²) in [6, 6.07) is 0. The Morgan fingerprint density at radius 3 is 1.55 bits per heavy atom. The first-order valence-corrected chi connectivity index (χ1v) is 10.2. The fraction of sp³-hybridized carbons (Fsp3) is 0.800. The van der Waals surface area contributed by atoms with Gasteiger partial charge in [0.1, 0.15) is 6.10 Å². The molecule has 2 aliphatic rings. The molecule has 188 valence electrons. The molecule has 0 aromatic heterocycles. The van der Waals surface area contributed by atoms with Gasteiger partial charge in [0.15, 0.2) is 37.0 Å². The number of esters is 4. The first-order valence-electron chi connectivity index (χ1n) is 10.2. The van der Waals surface area contributed by atoms with Gasteiger partial charge in [0.2, 0.25) is 6.29 Å². The predicted octanol–water partition coefficient (Wildman–Crippen LogP) is -0.182. The van der Waals surface area contributed by atoms with Crippen molar-refractivity contribution in [2.24, 2.45) is 0 Å². The summed E-state index contributed by atoms with van der Waals surface area (Å²) in [4.78, 5) is 46.8. The highest BCUT2D eigenvalue weighted by atomic mass is 16.8. The summed E-state index contributed by atoms with van der Waals surface area (Å²) < 4.78 is 49.2. The van der Waals surface area contributed by atoms with E-state index in [4.69, 9.17) is 42.6 Å². The van der Waals surface area contributed by atoms with Crippen LogP contribution in [0.1, 0.15) is 34.6 Å². The number of hydrogen-bond donors (Lipinski definition) is 0. The normalized spacial score (nSPS) is 36.0. The topological polar surface area (TPSA) is 151 Å². The van der Waals surface area contributed by atoms with Crippen LogP contribution in [0.4, 0.5) is 0 Å². The summed E-state index contributed by atoms with van der Waals surface area (Å²) >= 11 is 0. The number of carbonyl (C=O) groups excluding carboxylic acids is 4. The molecule has 33 heavy (non-hydrogen) atoms. The Hall–Kier alpha value is -2.32. The summed E-state index contributed by atoms with van der Waals surface area (Å²) in [5.74, 6) is -2.75. The van der Waals surface area contributed by atoms with Crippen LogP contribution in [-0.4, -0.2) is 93.6 Å². The highest BCUT2D eigenvalue weighted by Gasteiger charge is 2.55. The molecule has 0 amide bonds. The van der Waals surface area contributed by atoms with E-state index in [1.165, 1.54) is 28.1 Å². The van der Waals surface area contributed by atoms with Crippen LogP contribution in [0.3, 0.4) is 0 Å². The Bertz CT molecular complexity index is 725. The van der Waals surface area contributed by atoms with Crippen LogP contribution in [0.15, 0.2) is 0 Å². The van der Waals surface area contributed by atoms with Crippen molar-refractivity contribution in [1.29, 1.82) is 0 Å². The van der Waals surface area contributed by atoms with E-state index in [-0.39, 0.29) is 0 Å². The monoisotopic (exact) mass is 478 g/mol. The summed E-state index contributed by atoms with van der Waals surface area (Å²) in [7, 11) is 2.74. The lowest BCUT2D eigenvalue weighted by Gasteiger charge is -2.44. The van der Waals surface area contributed by atoms with Gasteiger partial charge in [-0.2, -0.15) is 0 Å². The fourth-order valence-corrected chi connectivity index (χ4v) is 3.67. The van der Waals surface area contributed by atoms with Crippen LogP contribution in [0.5, 0.6) is 0 Å². The molecule has 13 nitrogen and oxygen atoms in total. The van der Waals surface area contributed by atoms with Crippen molar-refractivity contribution in [3.63, 3.8) is 0 Å². The van der Waals surface area contributed by atoms with Crippen LogP contribution >= 0.6 is 0 Å². The van der Waals surface area contributed by atoms with Crippen molar-refractivity contribution in [1.82, 2.24) is 0 Å². The molecule has 0 aromatic carbocycles. The molecule has 2 saturated heterocycles. The third kappa shape index (κ3) is 6.84. The number of rotatable bonds is 8. The van der Waals surface area contributed by atoms with E-state index in [9.17, 15) is 19.2 Å². The zero-order chi connectivity index (χ0) is 24.9. The van der Waals surface area contributed by atoms with Crippen LogP contribution in [0, 0.1) is 0 Å². The summed E-state index contributed by atoms with van der Waals surface area (Å²) in [6.45, 7) is 6.21. The van der Waals surface area contributed by atoms with Crippen molar-refractivity contribution in [2.75, 3.05) is 14.2 Å². The molecule has 2 rings (SSSR count). The maximum Gasteiger partial charge on any atom is 0.305 e. The van der Waals surface area contributed by atoms with Crippen molar-refractivity contribution < 1.29 is 61.8 Å². The fourth-order valence-electron chi connectivity index (χ4n) is 3.67. The second kappa shape index (κ2) is 11.7. The maximum absolute atomic E-state index is 11.8. The lowest BCUT2D eigenvalue weighted by atomic mass is 9.98. The highest BCUT2D eigenvalue weighted by Crippen LogP contribution is 2.34. The molecule has 0 aliphatic carbocycles. The summed E-state index contributed by atoms with van der Waals surface area (Å²) in [6.07, 6.45) is -10.0. The van der Waals surface area contributed by atoms with Gasteiger partial charge in [0, 0.05) is 41.9 Å². The van der Waals surface area contributed by atoms with Gasteiger partial charge in [-0.15, -0.1) is 0 Å².